The largest absolute Gasteiger partial charge is 0.493 e. The van der Waals surface area contributed by atoms with E-state index in [1.165, 1.54) is 19.6 Å². The molecule has 6 nitrogen and oxygen atoms in total. The molecule has 0 unspecified atom stereocenters. The van der Waals surface area contributed by atoms with Crippen molar-refractivity contribution >= 4 is 27.8 Å². The standard InChI is InChI=1S/C18H15NO4.C9H7N/c1-22-15-8-12-14(9-16(15)23-2)19-10-13(17(12)18(20)21)11-6-4-3-5-7-11;1-2-6-9-8(4-1)5-3-7-10-9/h3-10H,1-2H3,(H,20,21);1-7H. The molecular formula is C27H22N2O4. The predicted octanol–water partition coefficient (Wildman–Crippen LogP) is 5.85. The van der Waals surface area contributed by atoms with Gasteiger partial charge in [0, 0.05) is 34.8 Å². The molecule has 2 heterocycles. The summed E-state index contributed by atoms with van der Waals surface area (Å²) in [7, 11) is 3.04. The Balaban J connectivity index is 0.000000214. The van der Waals surface area contributed by atoms with Crippen molar-refractivity contribution in [3.63, 3.8) is 0 Å². The minimum absolute atomic E-state index is 0.196. The van der Waals surface area contributed by atoms with Crippen LogP contribution in [0.2, 0.25) is 0 Å². The fraction of sp³-hybridized carbons (Fsp3) is 0.0741. The molecule has 33 heavy (non-hydrogen) atoms. The molecule has 5 aromatic rings. The molecule has 0 spiro atoms. The van der Waals surface area contributed by atoms with Crippen LogP contribution >= 0.6 is 0 Å². The third kappa shape index (κ3) is 4.60. The minimum Gasteiger partial charge on any atom is -0.493 e. The Morgan fingerprint density at radius 1 is 0.788 bits per heavy atom. The Hall–Kier alpha value is -4.45. The van der Waals surface area contributed by atoms with E-state index in [1.807, 2.05) is 60.8 Å². The molecule has 164 valence electrons. The zero-order valence-electron chi connectivity index (χ0n) is 18.2. The number of carboxylic acids is 1. The third-order valence-corrected chi connectivity index (χ3v) is 5.18. The summed E-state index contributed by atoms with van der Waals surface area (Å²) in [6.45, 7) is 0. The number of aromatic nitrogens is 2. The van der Waals surface area contributed by atoms with Crippen LogP contribution in [0.1, 0.15) is 10.4 Å². The Bertz CT molecular complexity index is 1350. The Kier molecular flexibility index (Phi) is 6.45. The molecule has 0 radical (unpaired) electrons. The molecule has 0 aliphatic rings. The van der Waals surface area contributed by atoms with Crippen molar-refractivity contribution in [3.05, 3.63) is 96.8 Å². The van der Waals surface area contributed by atoms with Gasteiger partial charge in [-0.15, -0.1) is 0 Å². The number of aromatic carboxylic acids is 1. The van der Waals surface area contributed by atoms with Gasteiger partial charge in [0.2, 0.25) is 0 Å². The molecule has 0 aliphatic carbocycles. The highest BCUT2D eigenvalue weighted by molar-refractivity contribution is 6.09. The molecule has 3 aromatic carbocycles. The van der Waals surface area contributed by atoms with Crippen LogP contribution in [0.4, 0.5) is 0 Å². The van der Waals surface area contributed by atoms with E-state index in [0.717, 1.165) is 11.1 Å². The number of para-hydroxylation sites is 1. The fourth-order valence-electron chi connectivity index (χ4n) is 3.60. The van der Waals surface area contributed by atoms with Crippen molar-refractivity contribution < 1.29 is 19.4 Å². The van der Waals surface area contributed by atoms with Crippen LogP contribution in [0.3, 0.4) is 0 Å². The molecule has 0 aliphatic heterocycles. The number of rotatable bonds is 4. The summed E-state index contributed by atoms with van der Waals surface area (Å²) in [5.74, 6) is -0.0331. The summed E-state index contributed by atoms with van der Waals surface area (Å²) in [6.07, 6.45) is 3.38. The van der Waals surface area contributed by atoms with Crippen molar-refractivity contribution in [2.24, 2.45) is 0 Å². The smallest absolute Gasteiger partial charge is 0.337 e. The second-order valence-corrected chi connectivity index (χ2v) is 7.14. The van der Waals surface area contributed by atoms with Gasteiger partial charge in [-0.1, -0.05) is 54.6 Å². The van der Waals surface area contributed by atoms with Crippen molar-refractivity contribution in [2.75, 3.05) is 14.2 Å². The maximum atomic E-state index is 11.9. The first-order valence-electron chi connectivity index (χ1n) is 10.3. The van der Waals surface area contributed by atoms with Crippen molar-refractivity contribution in [2.45, 2.75) is 0 Å². The van der Waals surface area contributed by atoms with Gasteiger partial charge in [0.1, 0.15) is 0 Å². The molecule has 5 rings (SSSR count). The zero-order chi connectivity index (χ0) is 23.2. The Morgan fingerprint density at radius 3 is 2.15 bits per heavy atom. The number of hydrogen-bond donors (Lipinski definition) is 1. The number of pyridine rings is 2. The van der Waals surface area contributed by atoms with Crippen molar-refractivity contribution in [1.29, 1.82) is 0 Å². The molecular weight excluding hydrogens is 416 g/mol. The number of fused-ring (bicyclic) bond motifs is 2. The monoisotopic (exact) mass is 438 g/mol. The number of methoxy groups -OCH3 is 2. The minimum atomic E-state index is -1.01. The number of carboxylic acid groups (broad SMARTS) is 1. The highest BCUT2D eigenvalue weighted by Crippen LogP contribution is 2.36. The summed E-state index contributed by atoms with van der Waals surface area (Å²) in [4.78, 5) is 20.4. The second-order valence-electron chi connectivity index (χ2n) is 7.14. The van der Waals surface area contributed by atoms with E-state index in [2.05, 4.69) is 22.1 Å². The number of benzene rings is 3. The molecule has 0 atom stereocenters. The summed E-state index contributed by atoms with van der Waals surface area (Å²) in [6, 6.07) is 24.7. The molecule has 0 bridgehead atoms. The summed E-state index contributed by atoms with van der Waals surface area (Å²) < 4.78 is 10.5. The first-order valence-corrected chi connectivity index (χ1v) is 10.3. The average molecular weight is 438 g/mol. The SMILES string of the molecule is COc1cc2ncc(-c3ccccc3)c(C(=O)O)c2cc1OC.c1ccc2ncccc2c1. The Labute approximate surface area is 191 Å². The van der Waals surface area contributed by atoms with E-state index >= 15 is 0 Å². The number of carbonyl (C=O) groups is 1. The van der Waals surface area contributed by atoms with Crippen LogP contribution in [0.5, 0.6) is 11.5 Å². The predicted molar refractivity (Wildman–Crippen MR) is 129 cm³/mol. The van der Waals surface area contributed by atoms with Gasteiger partial charge >= 0.3 is 5.97 Å². The van der Waals surface area contributed by atoms with Gasteiger partial charge in [0.15, 0.2) is 11.5 Å². The van der Waals surface area contributed by atoms with Gasteiger partial charge in [-0.2, -0.15) is 0 Å². The van der Waals surface area contributed by atoms with Crippen LogP contribution in [-0.4, -0.2) is 35.3 Å². The van der Waals surface area contributed by atoms with Gasteiger partial charge in [-0.25, -0.2) is 4.79 Å². The molecule has 0 saturated carbocycles. The third-order valence-electron chi connectivity index (χ3n) is 5.18. The highest BCUT2D eigenvalue weighted by Gasteiger charge is 2.19. The molecule has 1 N–H and O–H groups in total. The van der Waals surface area contributed by atoms with Crippen LogP contribution in [0, 0.1) is 0 Å². The summed E-state index contributed by atoms with van der Waals surface area (Å²) in [5, 5.41) is 11.4. The fourth-order valence-corrected chi connectivity index (χ4v) is 3.60. The van der Waals surface area contributed by atoms with Crippen molar-refractivity contribution in [1.82, 2.24) is 9.97 Å². The first-order chi connectivity index (χ1) is 16.1. The maximum absolute atomic E-state index is 11.9. The zero-order valence-corrected chi connectivity index (χ0v) is 18.2. The van der Waals surface area contributed by atoms with Crippen LogP contribution < -0.4 is 9.47 Å². The van der Waals surface area contributed by atoms with E-state index in [4.69, 9.17) is 9.47 Å². The van der Waals surface area contributed by atoms with Gasteiger partial charge < -0.3 is 14.6 Å². The summed E-state index contributed by atoms with van der Waals surface area (Å²) >= 11 is 0. The highest BCUT2D eigenvalue weighted by atomic mass is 16.5. The van der Waals surface area contributed by atoms with E-state index < -0.39 is 5.97 Å². The number of ether oxygens (including phenoxy) is 2. The average Bonchev–Trinajstić information content (AvgIpc) is 2.88. The molecule has 0 saturated heterocycles. The molecule has 2 aromatic heterocycles. The molecule has 0 amide bonds. The lowest BCUT2D eigenvalue weighted by atomic mass is 9.97. The van der Waals surface area contributed by atoms with Gasteiger partial charge in [0.05, 0.1) is 30.8 Å². The Morgan fingerprint density at radius 2 is 1.45 bits per heavy atom. The van der Waals surface area contributed by atoms with Gasteiger partial charge in [-0.05, 0) is 23.8 Å². The number of hydrogen-bond acceptors (Lipinski definition) is 5. The van der Waals surface area contributed by atoms with E-state index in [-0.39, 0.29) is 5.56 Å². The van der Waals surface area contributed by atoms with Crippen LogP contribution in [0.15, 0.2) is 91.3 Å². The van der Waals surface area contributed by atoms with Crippen LogP contribution in [-0.2, 0) is 0 Å². The van der Waals surface area contributed by atoms with Crippen molar-refractivity contribution in [3.8, 4) is 22.6 Å². The molecule has 0 fully saturated rings. The topological polar surface area (TPSA) is 81.5 Å². The quantitative estimate of drug-likeness (QED) is 0.379. The first kappa shape index (κ1) is 21.8. The van der Waals surface area contributed by atoms with E-state index in [1.54, 1.807) is 18.3 Å². The normalized spacial score (nSPS) is 10.4. The lowest BCUT2D eigenvalue weighted by Crippen LogP contribution is -2.03. The number of nitrogens with zero attached hydrogens (tertiary/aromatic N) is 2. The lowest BCUT2D eigenvalue weighted by Gasteiger charge is -2.13. The van der Waals surface area contributed by atoms with E-state index in [0.29, 0.717) is 28.0 Å². The maximum Gasteiger partial charge on any atom is 0.337 e. The van der Waals surface area contributed by atoms with E-state index in [9.17, 15) is 9.90 Å². The van der Waals surface area contributed by atoms with Gasteiger partial charge in [-0.3, -0.25) is 9.97 Å². The van der Waals surface area contributed by atoms with Crippen LogP contribution in [0.25, 0.3) is 32.9 Å². The second kappa shape index (κ2) is 9.78. The lowest BCUT2D eigenvalue weighted by molar-refractivity contribution is 0.0699. The summed E-state index contributed by atoms with van der Waals surface area (Å²) in [5.41, 5.74) is 3.17. The van der Waals surface area contributed by atoms with Gasteiger partial charge in [0.25, 0.3) is 0 Å². The molecule has 6 heteroatoms.